The number of carbonyl (C=O) groups excluding carboxylic acids is 2. The lowest BCUT2D eigenvalue weighted by molar-refractivity contribution is -0.153. The zero-order valence-electron chi connectivity index (χ0n) is 14.3. The van der Waals surface area contributed by atoms with E-state index in [1.807, 2.05) is 0 Å². The summed E-state index contributed by atoms with van der Waals surface area (Å²) in [6.45, 7) is 2.82. The summed E-state index contributed by atoms with van der Waals surface area (Å²) in [5.41, 5.74) is -1.35. The van der Waals surface area contributed by atoms with Crippen LogP contribution in [0.5, 0.6) is 11.9 Å². The summed E-state index contributed by atoms with van der Waals surface area (Å²) < 4.78 is 34.7. The largest absolute Gasteiger partial charge is 0.481 e. The predicted molar refractivity (Wildman–Crippen MR) is 80.7 cm³/mol. The first-order valence-corrected chi connectivity index (χ1v) is 7.12. The summed E-state index contributed by atoms with van der Waals surface area (Å²) in [6, 6.07) is 0.00905. The fraction of sp³-hybridized carbons (Fsp3) is 0.600. The number of hydrogen-bond donors (Lipinski definition) is 0. The molecule has 0 radical (unpaired) electrons. The molecular weight excluding hydrogens is 323 g/mol. The van der Waals surface area contributed by atoms with E-state index in [9.17, 15) is 9.59 Å². The SMILES string of the molecule is COc1nc(CC(F)(COC(C)=O)COC(C)=O)c(C)c(OC)n1. The summed E-state index contributed by atoms with van der Waals surface area (Å²) >= 11 is 0. The van der Waals surface area contributed by atoms with Crippen molar-refractivity contribution in [3.63, 3.8) is 0 Å². The molecule has 0 aliphatic heterocycles. The number of methoxy groups -OCH3 is 2. The molecular formula is C15H21FN2O6. The number of nitrogens with zero attached hydrogens (tertiary/aromatic N) is 2. The Morgan fingerprint density at radius 1 is 1.04 bits per heavy atom. The van der Waals surface area contributed by atoms with E-state index in [1.54, 1.807) is 6.92 Å². The number of halogens is 1. The van der Waals surface area contributed by atoms with Gasteiger partial charge in [0.25, 0.3) is 0 Å². The van der Waals surface area contributed by atoms with Crippen LogP contribution in [0.15, 0.2) is 0 Å². The first-order chi connectivity index (χ1) is 11.2. The molecule has 0 bridgehead atoms. The molecule has 1 rings (SSSR count). The van der Waals surface area contributed by atoms with Crippen LogP contribution >= 0.6 is 0 Å². The molecule has 0 atom stereocenters. The minimum Gasteiger partial charge on any atom is -0.481 e. The molecule has 0 fully saturated rings. The first kappa shape index (κ1) is 19.6. The maximum absolute atomic E-state index is 15.2. The van der Waals surface area contributed by atoms with E-state index in [-0.39, 0.29) is 18.3 Å². The van der Waals surface area contributed by atoms with Crippen LogP contribution in [0.3, 0.4) is 0 Å². The smallest absolute Gasteiger partial charge is 0.319 e. The van der Waals surface area contributed by atoms with Gasteiger partial charge in [-0.05, 0) is 6.92 Å². The van der Waals surface area contributed by atoms with E-state index in [0.717, 1.165) is 13.8 Å². The molecule has 0 aliphatic carbocycles. The van der Waals surface area contributed by atoms with Crippen molar-refractivity contribution in [3.8, 4) is 11.9 Å². The minimum absolute atomic E-state index is 0.00905. The highest BCUT2D eigenvalue weighted by Crippen LogP contribution is 2.26. The second-order valence-corrected chi connectivity index (χ2v) is 5.18. The number of aromatic nitrogens is 2. The van der Waals surface area contributed by atoms with Crippen molar-refractivity contribution in [2.45, 2.75) is 32.9 Å². The molecule has 0 saturated heterocycles. The van der Waals surface area contributed by atoms with E-state index >= 15 is 4.39 Å². The van der Waals surface area contributed by atoms with Crippen molar-refractivity contribution in [3.05, 3.63) is 11.3 Å². The van der Waals surface area contributed by atoms with Crippen LogP contribution in [0.1, 0.15) is 25.1 Å². The fourth-order valence-electron chi connectivity index (χ4n) is 1.89. The van der Waals surface area contributed by atoms with E-state index < -0.39 is 30.8 Å². The molecule has 24 heavy (non-hydrogen) atoms. The van der Waals surface area contributed by atoms with E-state index in [2.05, 4.69) is 9.97 Å². The minimum atomic E-state index is -2.15. The van der Waals surface area contributed by atoms with E-state index in [4.69, 9.17) is 18.9 Å². The molecule has 0 saturated carbocycles. The predicted octanol–water partition coefficient (Wildman–Crippen LogP) is 1.18. The van der Waals surface area contributed by atoms with E-state index in [1.165, 1.54) is 14.2 Å². The van der Waals surface area contributed by atoms with Gasteiger partial charge in [0.2, 0.25) is 5.88 Å². The maximum atomic E-state index is 15.2. The molecule has 0 aromatic carbocycles. The monoisotopic (exact) mass is 344 g/mol. The van der Waals surface area contributed by atoms with Crippen molar-refractivity contribution in [1.29, 1.82) is 0 Å². The summed E-state index contributed by atoms with van der Waals surface area (Å²) in [5, 5.41) is 0. The molecule has 1 aromatic heterocycles. The van der Waals surface area contributed by atoms with Crippen molar-refractivity contribution in [2.24, 2.45) is 0 Å². The standard InChI is InChI=1S/C15H21FN2O6/c1-9-12(17-14(22-5)18-13(9)21-4)6-15(16,7-23-10(2)19)8-24-11(3)20/h6-8H2,1-5H3. The van der Waals surface area contributed by atoms with Crippen LogP contribution in [0.2, 0.25) is 0 Å². The zero-order valence-corrected chi connectivity index (χ0v) is 14.3. The van der Waals surface area contributed by atoms with Crippen LogP contribution in [0.4, 0.5) is 4.39 Å². The molecule has 8 nitrogen and oxygen atoms in total. The van der Waals surface area contributed by atoms with Gasteiger partial charge in [-0.25, -0.2) is 4.39 Å². The van der Waals surface area contributed by atoms with Crippen molar-refractivity contribution in [2.75, 3.05) is 27.4 Å². The van der Waals surface area contributed by atoms with E-state index in [0.29, 0.717) is 11.3 Å². The lowest BCUT2D eigenvalue weighted by Crippen LogP contribution is -2.39. The Kier molecular flexibility index (Phi) is 6.87. The van der Waals surface area contributed by atoms with Gasteiger partial charge in [0, 0.05) is 25.8 Å². The Morgan fingerprint density at radius 2 is 1.58 bits per heavy atom. The molecule has 1 heterocycles. The van der Waals surface area contributed by atoms with Crippen molar-refractivity contribution in [1.82, 2.24) is 9.97 Å². The van der Waals surface area contributed by atoms with Gasteiger partial charge >= 0.3 is 17.9 Å². The lowest BCUT2D eigenvalue weighted by Gasteiger charge is -2.24. The van der Waals surface area contributed by atoms with Crippen LogP contribution < -0.4 is 9.47 Å². The average Bonchev–Trinajstić information content (AvgIpc) is 2.53. The van der Waals surface area contributed by atoms with Crippen LogP contribution in [0.25, 0.3) is 0 Å². The highest BCUT2D eigenvalue weighted by atomic mass is 19.1. The Labute approximate surface area is 139 Å². The van der Waals surface area contributed by atoms with Gasteiger partial charge in [-0.2, -0.15) is 9.97 Å². The Hall–Kier alpha value is -2.45. The topological polar surface area (TPSA) is 96.8 Å². The highest BCUT2D eigenvalue weighted by molar-refractivity contribution is 5.66. The normalized spacial score (nSPS) is 10.9. The summed E-state index contributed by atoms with van der Waals surface area (Å²) in [4.78, 5) is 30.1. The summed E-state index contributed by atoms with van der Waals surface area (Å²) in [6.07, 6.45) is -0.283. The number of rotatable bonds is 8. The first-order valence-electron chi connectivity index (χ1n) is 7.12. The lowest BCUT2D eigenvalue weighted by atomic mass is 9.99. The Morgan fingerprint density at radius 3 is 2.00 bits per heavy atom. The highest BCUT2D eigenvalue weighted by Gasteiger charge is 2.35. The number of hydrogen-bond acceptors (Lipinski definition) is 8. The Balaban J connectivity index is 3.11. The second-order valence-electron chi connectivity index (χ2n) is 5.18. The van der Waals surface area contributed by atoms with Gasteiger partial charge in [-0.3, -0.25) is 9.59 Å². The third-order valence-electron chi connectivity index (χ3n) is 3.11. The van der Waals surface area contributed by atoms with Crippen molar-refractivity contribution >= 4 is 11.9 Å². The third-order valence-corrected chi connectivity index (χ3v) is 3.11. The quantitative estimate of drug-likeness (QED) is 0.649. The zero-order chi connectivity index (χ0) is 18.3. The molecule has 0 N–H and O–H groups in total. The number of ether oxygens (including phenoxy) is 4. The van der Waals surface area contributed by atoms with Gasteiger partial charge < -0.3 is 18.9 Å². The molecule has 0 aliphatic rings. The molecule has 134 valence electrons. The van der Waals surface area contributed by atoms with Gasteiger partial charge in [-0.15, -0.1) is 0 Å². The molecule has 1 aromatic rings. The van der Waals surface area contributed by atoms with Crippen LogP contribution in [-0.2, 0) is 25.5 Å². The number of carbonyl (C=O) groups is 2. The average molecular weight is 344 g/mol. The summed E-state index contributed by atoms with van der Waals surface area (Å²) in [7, 11) is 2.78. The second kappa shape index (κ2) is 8.42. The molecule has 0 amide bonds. The number of alkyl halides is 1. The van der Waals surface area contributed by atoms with Crippen LogP contribution in [-0.4, -0.2) is 55.0 Å². The van der Waals surface area contributed by atoms with Gasteiger partial charge in [0.15, 0.2) is 5.67 Å². The number of esters is 2. The van der Waals surface area contributed by atoms with Gasteiger partial charge in [0.1, 0.15) is 13.2 Å². The fourth-order valence-corrected chi connectivity index (χ4v) is 1.89. The van der Waals surface area contributed by atoms with Crippen molar-refractivity contribution < 1.29 is 32.9 Å². The summed E-state index contributed by atoms with van der Waals surface area (Å²) in [5.74, 6) is -1.05. The molecule has 0 unspecified atom stereocenters. The van der Waals surface area contributed by atoms with Gasteiger partial charge in [0.05, 0.1) is 19.9 Å². The van der Waals surface area contributed by atoms with Crippen LogP contribution in [0, 0.1) is 6.92 Å². The Bertz CT molecular complexity index is 590. The molecule has 9 heteroatoms. The maximum Gasteiger partial charge on any atom is 0.319 e. The van der Waals surface area contributed by atoms with Gasteiger partial charge in [-0.1, -0.05) is 0 Å². The molecule has 0 spiro atoms. The third kappa shape index (κ3) is 5.64.